The Bertz CT molecular complexity index is 668. The van der Waals surface area contributed by atoms with E-state index < -0.39 is 18.3 Å². The van der Waals surface area contributed by atoms with E-state index in [4.69, 9.17) is 20.9 Å². The SMILES string of the molecule is Cc1nn2ccnc(Cl)c2c1B1OC(C)(C)C(C)(C)O1. The molecule has 0 aromatic carbocycles. The number of aryl methyl sites for hydroxylation is 1. The van der Waals surface area contributed by atoms with Gasteiger partial charge in [0.25, 0.3) is 0 Å². The van der Waals surface area contributed by atoms with Crippen LogP contribution in [-0.2, 0) is 9.31 Å². The Morgan fingerprint density at radius 3 is 2.40 bits per heavy atom. The van der Waals surface area contributed by atoms with Crippen molar-refractivity contribution in [3.63, 3.8) is 0 Å². The normalized spacial score (nSPS) is 20.8. The molecular weight excluding hydrogens is 276 g/mol. The van der Waals surface area contributed by atoms with Crippen molar-refractivity contribution < 1.29 is 9.31 Å². The Balaban J connectivity index is 2.15. The lowest BCUT2D eigenvalue weighted by molar-refractivity contribution is 0.00578. The Morgan fingerprint density at radius 2 is 1.80 bits per heavy atom. The fourth-order valence-corrected chi connectivity index (χ4v) is 2.58. The Hall–Kier alpha value is -1.11. The average molecular weight is 294 g/mol. The molecule has 1 saturated heterocycles. The third-order valence-electron chi connectivity index (χ3n) is 4.21. The van der Waals surface area contributed by atoms with Gasteiger partial charge in [0, 0.05) is 17.9 Å². The van der Waals surface area contributed by atoms with Crippen molar-refractivity contribution in [1.82, 2.24) is 14.6 Å². The van der Waals surface area contributed by atoms with Gasteiger partial charge in [0.2, 0.25) is 0 Å². The lowest BCUT2D eigenvalue weighted by Gasteiger charge is -2.32. The molecule has 1 aliphatic rings. The fourth-order valence-electron chi connectivity index (χ4n) is 2.34. The second kappa shape index (κ2) is 4.19. The molecule has 0 spiro atoms. The summed E-state index contributed by atoms with van der Waals surface area (Å²) in [6.07, 6.45) is 3.39. The monoisotopic (exact) mass is 293 g/mol. The van der Waals surface area contributed by atoms with Gasteiger partial charge in [-0.2, -0.15) is 5.10 Å². The number of aromatic nitrogens is 3. The van der Waals surface area contributed by atoms with Crippen LogP contribution in [0.3, 0.4) is 0 Å². The van der Waals surface area contributed by atoms with Crippen LogP contribution < -0.4 is 5.46 Å². The van der Waals surface area contributed by atoms with Crippen molar-refractivity contribution in [2.24, 2.45) is 0 Å². The molecule has 3 heterocycles. The zero-order valence-corrected chi connectivity index (χ0v) is 13.0. The zero-order chi connectivity index (χ0) is 14.7. The van der Waals surface area contributed by atoms with E-state index >= 15 is 0 Å². The molecule has 20 heavy (non-hydrogen) atoms. The molecule has 3 rings (SSSR count). The molecule has 0 unspecified atom stereocenters. The molecule has 0 bridgehead atoms. The van der Waals surface area contributed by atoms with Crippen LogP contribution in [0.15, 0.2) is 12.4 Å². The van der Waals surface area contributed by atoms with E-state index in [9.17, 15) is 0 Å². The van der Waals surface area contributed by atoms with E-state index in [0.29, 0.717) is 5.15 Å². The van der Waals surface area contributed by atoms with Crippen molar-refractivity contribution >= 4 is 29.7 Å². The van der Waals surface area contributed by atoms with E-state index in [0.717, 1.165) is 16.7 Å². The topological polar surface area (TPSA) is 48.7 Å². The number of fused-ring (bicyclic) bond motifs is 1. The van der Waals surface area contributed by atoms with E-state index in [1.54, 1.807) is 16.9 Å². The van der Waals surface area contributed by atoms with Crippen molar-refractivity contribution in [2.45, 2.75) is 45.8 Å². The number of hydrogen-bond donors (Lipinski definition) is 0. The number of halogens is 1. The van der Waals surface area contributed by atoms with Gasteiger partial charge in [0.15, 0.2) is 5.15 Å². The lowest BCUT2D eigenvalue weighted by atomic mass is 9.78. The fraction of sp³-hybridized carbons (Fsp3) is 0.538. The maximum atomic E-state index is 6.21. The summed E-state index contributed by atoms with van der Waals surface area (Å²) < 4.78 is 13.9. The molecule has 106 valence electrons. The third-order valence-corrected chi connectivity index (χ3v) is 4.49. The minimum absolute atomic E-state index is 0.396. The summed E-state index contributed by atoms with van der Waals surface area (Å²) in [5, 5.41) is 4.85. The lowest BCUT2D eigenvalue weighted by Crippen LogP contribution is -2.41. The van der Waals surface area contributed by atoms with Gasteiger partial charge in [-0.3, -0.25) is 0 Å². The van der Waals surface area contributed by atoms with E-state index in [2.05, 4.69) is 10.1 Å². The summed E-state index contributed by atoms with van der Waals surface area (Å²) >= 11 is 6.21. The van der Waals surface area contributed by atoms with Gasteiger partial charge in [-0.05, 0) is 34.6 Å². The van der Waals surface area contributed by atoms with Crippen molar-refractivity contribution in [2.75, 3.05) is 0 Å². The Kier molecular flexibility index (Phi) is 2.91. The van der Waals surface area contributed by atoms with Gasteiger partial charge in [-0.1, -0.05) is 11.6 Å². The van der Waals surface area contributed by atoms with Gasteiger partial charge >= 0.3 is 7.12 Å². The maximum Gasteiger partial charge on any atom is 0.499 e. The van der Waals surface area contributed by atoms with E-state index in [1.165, 1.54) is 0 Å². The first-order valence-corrected chi connectivity index (χ1v) is 6.96. The third kappa shape index (κ3) is 1.86. The number of hydrogen-bond acceptors (Lipinski definition) is 4. The molecule has 1 aliphatic heterocycles. The van der Waals surface area contributed by atoms with Crippen LogP contribution >= 0.6 is 11.6 Å². The Morgan fingerprint density at radius 1 is 1.20 bits per heavy atom. The highest BCUT2D eigenvalue weighted by Gasteiger charge is 2.53. The predicted molar refractivity (Wildman–Crippen MR) is 78.5 cm³/mol. The predicted octanol–water partition coefficient (Wildman–Crippen LogP) is 1.99. The van der Waals surface area contributed by atoms with Crippen molar-refractivity contribution in [3.05, 3.63) is 23.2 Å². The van der Waals surface area contributed by atoms with Crippen LogP contribution in [0.4, 0.5) is 0 Å². The van der Waals surface area contributed by atoms with Crippen molar-refractivity contribution in [1.29, 1.82) is 0 Å². The first kappa shape index (κ1) is 13.9. The smallest absolute Gasteiger partial charge is 0.399 e. The van der Waals surface area contributed by atoms with Crippen LogP contribution in [0.5, 0.6) is 0 Å². The molecule has 0 N–H and O–H groups in total. The summed E-state index contributed by atoms with van der Waals surface area (Å²) in [5.74, 6) is 0. The molecule has 2 aromatic heterocycles. The van der Waals surface area contributed by atoms with Gasteiger partial charge in [0.1, 0.15) is 5.52 Å². The quantitative estimate of drug-likeness (QED) is 0.755. The molecule has 0 amide bonds. The van der Waals surface area contributed by atoms with Gasteiger partial charge in [-0.25, -0.2) is 9.50 Å². The number of rotatable bonds is 1. The van der Waals surface area contributed by atoms with Crippen LogP contribution in [0.25, 0.3) is 5.52 Å². The van der Waals surface area contributed by atoms with Gasteiger partial charge < -0.3 is 9.31 Å². The van der Waals surface area contributed by atoms with Crippen molar-refractivity contribution in [3.8, 4) is 0 Å². The highest BCUT2D eigenvalue weighted by atomic mass is 35.5. The summed E-state index contributed by atoms with van der Waals surface area (Å²) in [5.41, 5.74) is 1.63. The van der Waals surface area contributed by atoms with Gasteiger partial charge in [0.05, 0.1) is 16.9 Å². The van der Waals surface area contributed by atoms with Crippen LogP contribution in [-0.4, -0.2) is 32.9 Å². The molecule has 0 saturated carbocycles. The molecule has 1 fully saturated rings. The van der Waals surface area contributed by atoms with Crippen LogP contribution in [0.2, 0.25) is 5.15 Å². The molecule has 7 heteroatoms. The minimum Gasteiger partial charge on any atom is -0.399 e. The second-order valence-electron chi connectivity index (χ2n) is 6.10. The van der Waals surface area contributed by atoms with Crippen LogP contribution in [0.1, 0.15) is 33.4 Å². The molecular formula is C13H17BClN3O2. The highest BCUT2D eigenvalue weighted by Crippen LogP contribution is 2.37. The van der Waals surface area contributed by atoms with Crippen LogP contribution in [0, 0.1) is 6.92 Å². The summed E-state index contributed by atoms with van der Waals surface area (Å²) in [6.45, 7) is 10.0. The van der Waals surface area contributed by atoms with Gasteiger partial charge in [-0.15, -0.1) is 0 Å². The standard InChI is InChI=1S/C13H17BClN3O2/c1-8-9(10-11(15)16-6-7-18(10)17-8)14-19-12(2,3)13(4,5)20-14/h6-7H,1-5H3. The summed E-state index contributed by atoms with van der Waals surface area (Å²) in [6, 6.07) is 0. The molecule has 0 radical (unpaired) electrons. The van der Waals surface area contributed by atoms with E-state index in [-0.39, 0.29) is 0 Å². The minimum atomic E-state index is -0.487. The summed E-state index contributed by atoms with van der Waals surface area (Å²) in [7, 11) is -0.487. The first-order chi connectivity index (χ1) is 9.23. The Labute approximate surface area is 123 Å². The first-order valence-electron chi connectivity index (χ1n) is 6.58. The number of nitrogens with zero attached hydrogens (tertiary/aromatic N) is 3. The summed E-state index contributed by atoms with van der Waals surface area (Å²) in [4.78, 5) is 4.12. The molecule has 0 aliphatic carbocycles. The van der Waals surface area contributed by atoms with E-state index in [1.807, 2.05) is 34.6 Å². The molecule has 2 aromatic rings. The molecule has 0 atom stereocenters. The average Bonchev–Trinajstić information content (AvgIpc) is 2.74. The highest BCUT2D eigenvalue weighted by molar-refractivity contribution is 6.65. The molecule has 5 nitrogen and oxygen atoms in total. The maximum absolute atomic E-state index is 6.21. The second-order valence-corrected chi connectivity index (χ2v) is 6.46. The largest absolute Gasteiger partial charge is 0.499 e. The zero-order valence-electron chi connectivity index (χ0n) is 12.3.